The number of pyridine rings is 1. The highest BCUT2D eigenvalue weighted by Crippen LogP contribution is 2.16. The first-order valence-corrected chi connectivity index (χ1v) is 9.47. The summed E-state index contributed by atoms with van der Waals surface area (Å²) in [6.45, 7) is 6.43. The van der Waals surface area contributed by atoms with Crippen LogP contribution in [0, 0.1) is 6.92 Å². The molecular formula is C21H25N5O2. The van der Waals surface area contributed by atoms with Gasteiger partial charge in [0, 0.05) is 56.1 Å². The number of aromatic nitrogens is 3. The van der Waals surface area contributed by atoms with Crippen molar-refractivity contribution < 1.29 is 9.32 Å². The molecule has 2 aromatic heterocycles. The number of nitrogens with zero attached hydrogens (tertiary/aromatic N) is 4. The average molecular weight is 379 g/mol. The molecule has 0 unspecified atom stereocenters. The highest BCUT2D eigenvalue weighted by atomic mass is 16.5. The van der Waals surface area contributed by atoms with Gasteiger partial charge in [-0.2, -0.15) is 4.98 Å². The minimum absolute atomic E-state index is 0.0241. The number of likely N-dealkylation sites (N-methyl/N-ethyl adjacent to an activating group) is 1. The zero-order valence-electron chi connectivity index (χ0n) is 16.3. The van der Waals surface area contributed by atoms with E-state index in [0.29, 0.717) is 31.1 Å². The average Bonchev–Trinajstić information content (AvgIpc) is 3.19. The topological polar surface area (TPSA) is 84.2 Å². The zero-order valence-corrected chi connectivity index (χ0v) is 16.3. The Morgan fingerprint density at radius 2 is 2.04 bits per heavy atom. The molecule has 28 heavy (non-hydrogen) atoms. The van der Waals surface area contributed by atoms with Crippen molar-refractivity contribution in [2.45, 2.75) is 26.7 Å². The molecule has 0 fully saturated rings. The van der Waals surface area contributed by atoms with Crippen LogP contribution >= 0.6 is 0 Å². The van der Waals surface area contributed by atoms with E-state index in [1.807, 2.05) is 12.1 Å². The van der Waals surface area contributed by atoms with Crippen LogP contribution in [0.3, 0.4) is 0 Å². The number of carbonyl (C=O) groups excluding carboxylic acids is 1. The summed E-state index contributed by atoms with van der Waals surface area (Å²) < 4.78 is 5.23. The van der Waals surface area contributed by atoms with E-state index in [1.165, 1.54) is 11.3 Å². The molecule has 146 valence electrons. The van der Waals surface area contributed by atoms with E-state index < -0.39 is 0 Å². The van der Waals surface area contributed by atoms with Crippen LogP contribution in [0.4, 0.5) is 5.69 Å². The van der Waals surface area contributed by atoms with Gasteiger partial charge in [0.2, 0.25) is 17.6 Å². The number of carbonyl (C=O) groups is 1. The number of benzene rings is 1. The molecule has 0 saturated carbocycles. The number of anilines is 1. The van der Waals surface area contributed by atoms with Crippen molar-refractivity contribution in [2.24, 2.45) is 0 Å². The normalized spacial score (nSPS) is 10.6. The van der Waals surface area contributed by atoms with Crippen molar-refractivity contribution in [3.63, 3.8) is 0 Å². The first-order valence-electron chi connectivity index (χ1n) is 9.47. The van der Waals surface area contributed by atoms with E-state index in [4.69, 9.17) is 4.52 Å². The second-order valence-corrected chi connectivity index (χ2v) is 6.52. The van der Waals surface area contributed by atoms with Gasteiger partial charge in [-0.05, 0) is 43.7 Å². The minimum Gasteiger partial charge on any atom is -0.370 e. The summed E-state index contributed by atoms with van der Waals surface area (Å²) in [7, 11) is 0. The molecule has 0 bridgehead atoms. The van der Waals surface area contributed by atoms with E-state index in [0.717, 1.165) is 18.7 Å². The molecule has 0 aliphatic heterocycles. The molecule has 1 amide bonds. The molecule has 0 aliphatic carbocycles. The van der Waals surface area contributed by atoms with Gasteiger partial charge in [-0.15, -0.1) is 0 Å². The summed E-state index contributed by atoms with van der Waals surface area (Å²) in [4.78, 5) is 22.7. The van der Waals surface area contributed by atoms with Crippen LogP contribution in [0.1, 0.15) is 24.8 Å². The molecule has 7 heteroatoms. The van der Waals surface area contributed by atoms with Gasteiger partial charge in [-0.25, -0.2) is 0 Å². The van der Waals surface area contributed by atoms with E-state index in [-0.39, 0.29) is 5.91 Å². The van der Waals surface area contributed by atoms with Crippen LogP contribution in [-0.2, 0) is 11.2 Å². The quantitative estimate of drug-likeness (QED) is 0.615. The number of amides is 1. The molecule has 0 atom stereocenters. The van der Waals surface area contributed by atoms with Gasteiger partial charge in [-0.1, -0.05) is 17.3 Å². The summed E-state index contributed by atoms with van der Waals surface area (Å²) in [6, 6.07) is 12.0. The van der Waals surface area contributed by atoms with Crippen LogP contribution in [0.15, 0.2) is 53.3 Å². The van der Waals surface area contributed by atoms with Crippen LogP contribution in [0.2, 0.25) is 0 Å². The Morgan fingerprint density at radius 1 is 1.21 bits per heavy atom. The van der Waals surface area contributed by atoms with Crippen molar-refractivity contribution in [3.05, 3.63) is 60.2 Å². The minimum atomic E-state index is -0.0241. The molecule has 2 heterocycles. The highest BCUT2D eigenvalue weighted by Gasteiger charge is 2.11. The Labute approximate surface area is 164 Å². The lowest BCUT2D eigenvalue weighted by molar-refractivity contribution is -0.121. The molecule has 1 N–H and O–H groups in total. The fraction of sp³-hybridized carbons (Fsp3) is 0.333. The van der Waals surface area contributed by atoms with Crippen LogP contribution < -0.4 is 10.2 Å². The number of nitrogens with one attached hydrogen (secondary N) is 1. The van der Waals surface area contributed by atoms with Gasteiger partial charge >= 0.3 is 0 Å². The third-order valence-corrected chi connectivity index (χ3v) is 4.42. The predicted octanol–water partition coefficient (Wildman–Crippen LogP) is 3.02. The summed E-state index contributed by atoms with van der Waals surface area (Å²) in [5, 5.41) is 6.91. The third kappa shape index (κ3) is 5.39. The first kappa shape index (κ1) is 19.5. The maximum Gasteiger partial charge on any atom is 0.227 e. The first-order chi connectivity index (χ1) is 13.7. The molecule has 0 radical (unpaired) electrons. The Hall–Kier alpha value is -3.22. The smallest absolute Gasteiger partial charge is 0.227 e. The van der Waals surface area contributed by atoms with Gasteiger partial charge < -0.3 is 14.7 Å². The van der Waals surface area contributed by atoms with Crippen LogP contribution in [0.5, 0.6) is 0 Å². The molecule has 0 spiro atoms. The molecule has 0 aliphatic rings. The molecular weight excluding hydrogens is 354 g/mol. The standard InChI is InChI=1S/C21H25N5O2/c1-3-26(18-6-4-5-16(2)15-18)14-13-23-19(27)7-8-20-24-21(25-28-20)17-9-11-22-12-10-17/h4-6,9-12,15H,3,7-8,13-14H2,1-2H3,(H,23,27). The van der Waals surface area contributed by atoms with Crippen molar-refractivity contribution >= 4 is 11.6 Å². The fourth-order valence-electron chi connectivity index (χ4n) is 2.91. The Balaban J connectivity index is 1.43. The van der Waals surface area contributed by atoms with Crippen LogP contribution in [0.25, 0.3) is 11.4 Å². The van der Waals surface area contributed by atoms with Gasteiger partial charge in [0.15, 0.2) is 0 Å². The second kappa shape index (κ2) is 9.64. The Bertz CT molecular complexity index is 895. The highest BCUT2D eigenvalue weighted by molar-refractivity contribution is 5.76. The number of hydrogen-bond acceptors (Lipinski definition) is 6. The summed E-state index contributed by atoms with van der Waals surface area (Å²) >= 11 is 0. The van der Waals surface area contributed by atoms with Crippen molar-refractivity contribution in [1.29, 1.82) is 0 Å². The van der Waals surface area contributed by atoms with Gasteiger partial charge in [-0.3, -0.25) is 9.78 Å². The number of hydrogen-bond donors (Lipinski definition) is 1. The fourth-order valence-corrected chi connectivity index (χ4v) is 2.91. The lowest BCUT2D eigenvalue weighted by Gasteiger charge is -2.23. The lowest BCUT2D eigenvalue weighted by Crippen LogP contribution is -2.35. The van der Waals surface area contributed by atoms with Gasteiger partial charge in [0.05, 0.1) is 0 Å². The molecule has 1 aromatic carbocycles. The van der Waals surface area contributed by atoms with E-state index in [1.54, 1.807) is 12.4 Å². The molecule has 3 aromatic rings. The number of aryl methyl sites for hydroxylation is 2. The largest absolute Gasteiger partial charge is 0.370 e. The van der Waals surface area contributed by atoms with Gasteiger partial charge in [0.25, 0.3) is 0 Å². The third-order valence-electron chi connectivity index (χ3n) is 4.42. The van der Waals surface area contributed by atoms with E-state index in [9.17, 15) is 4.79 Å². The SMILES string of the molecule is CCN(CCNC(=O)CCc1nc(-c2ccncc2)no1)c1cccc(C)c1. The summed E-state index contributed by atoms with van der Waals surface area (Å²) in [6.07, 6.45) is 4.08. The van der Waals surface area contributed by atoms with E-state index in [2.05, 4.69) is 63.5 Å². The summed E-state index contributed by atoms with van der Waals surface area (Å²) in [5.41, 5.74) is 3.24. The Kier molecular flexibility index (Phi) is 6.73. The van der Waals surface area contributed by atoms with Crippen LogP contribution in [-0.4, -0.2) is 40.7 Å². The predicted molar refractivity (Wildman–Crippen MR) is 108 cm³/mol. The van der Waals surface area contributed by atoms with Gasteiger partial charge in [0.1, 0.15) is 0 Å². The molecule has 7 nitrogen and oxygen atoms in total. The lowest BCUT2D eigenvalue weighted by atomic mass is 10.2. The number of rotatable bonds is 9. The van der Waals surface area contributed by atoms with Crippen molar-refractivity contribution in [2.75, 3.05) is 24.5 Å². The Morgan fingerprint density at radius 3 is 2.79 bits per heavy atom. The monoisotopic (exact) mass is 379 g/mol. The second-order valence-electron chi connectivity index (χ2n) is 6.52. The van der Waals surface area contributed by atoms with Crippen molar-refractivity contribution in [3.8, 4) is 11.4 Å². The maximum atomic E-state index is 12.1. The maximum absolute atomic E-state index is 12.1. The van der Waals surface area contributed by atoms with Crippen molar-refractivity contribution in [1.82, 2.24) is 20.4 Å². The summed E-state index contributed by atoms with van der Waals surface area (Å²) in [5.74, 6) is 0.940. The molecule has 3 rings (SSSR count). The van der Waals surface area contributed by atoms with E-state index >= 15 is 0 Å². The zero-order chi connectivity index (χ0) is 19.8. The molecule has 0 saturated heterocycles.